The summed E-state index contributed by atoms with van der Waals surface area (Å²) >= 11 is 6.25. The molecule has 1 N–H and O–H groups in total. The van der Waals surface area contributed by atoms with Crippen LogP contribution < -0.4 is 5.32 Å². The molecule has 1 aliphatic carbocycles. The molecule has 166 valence electrons. The van der Waals surface area contributed by atoms with Crippen LogP contribution in [0.2, 0.25) is 5.02 Å². The number of halogens is 1. The summed E-state index contributed by atoms with van der Waals surface area (Å²) in [5.74, 6) is -0.205. The third-order valence-electron chi connectivity index (χ3n) is 6.01. The molecule has 2 unspecified atom stereocenters. The van der Waals surface area contributed by atoms with Crippen molar-refractivity contribution in [3.63, 3.8) is 0 Å². The van der Waals surface area contributed by atoms with Crippen LogP contribution in [0, 0.1) is 0 Å². The molecule has 30 heavy (non-hydrogen) atoms. The number of amides is 1. The Balaban J connectivity index is 1.45. The minimum absolute atomic E-state index is 0.114. The topological polar surface area (TPSA) is 88.2 Å². The molecule has 2 atom stereocenters. The number of fused-ring (bicyclic) bond motifs is 1. The molecule has 0 spiro atoms. The summed E-state index contributed by atoms with van der Waals surface area (Å²) in [6.07, 6.45) is 4.59. The highest BCUT2D eigenvalue weighted by Crippen LogP contribution is 2.30. The Hall–Kier alpha value is -1.23. The summed E-state index contributed by atoms with van der Waals surface area (Å²) in [4.78, 5) is 15.0. The minimum Gasteiger partial charge on any atom is -0.379 e. The fourth-order valence-corrected chi connectivity index (χ4v) is 6.04. The number of nitrogens with zero attached hydrogens (tertiary/aromatic N) is 2. The highest BCUT2D eigenvalue weighted by Gasteiger charge is 2.35. The maximum absolute atomic E-state index is 12.9. The fourth-order valence-electron chi connectivity index (χ4n) is 4.44. The molecule has 3 aliphatic rings. The van der Waals surface area contributed by atoms with Crippen LogP contribution in [0.1, 0.15) is 25.7 Å². The van der Waals surface area contributed by atoms with Crippen molar-refractivity contribution >= 4 is 33.2 Å². The second-order valence-electron chi connectivity index (χ2n) is 7.94. The van der Waals surface area contributed by atoms with Gasteiger partial charge in [0.25, 0.3) is 0 Å². The molecule has 10 heteroatoms. The van der Waals surface area contributed by atoms with Crippen LogP contribution in [-0.2, 0) is 24.3 Å². The van der Waals surface area contributed by atoms with E-state index in [1.54, 1.807) is 0 Å². The maximum atomic E-state index is 12.9. The molecule has 4 rings (SSSR count). The number of morpholine rings is 2. The van der Waals surface area contributed by atoms with Crippen molar-refractivity contribution in [3.05, 3.63) is 23.2 Å². The molecule has 1 saturated carbocycles. The molecule has 2 aliphatic heterocycles. The standard InChI is InChI=1S/C20H28ClN3O5S/c21-16-6-5-15(30(26,27)24-8-10-28-11-9-24)13-17(16)22-20(25)14-23-7-12-29-19-4-2-1-3-18(19)23/h5-6,13,18-19H,1-4,7-12,14H2,(H,22,25). The minimum atomic E-state index is -3.66. The average Bonchev–Trinajstić information content (AvgIpc) is 2.76. The fraction of sp³-hybridized carbons (Fsp3) is 0.650. The molecule has 1 aromatic carbocycles. The predicted octanol–water partition coefficient (Wildman–Crippen LogP) is 1.94. The third kappa shape index (κ3) is 4.81. The Bertz CT molecular complexity index is 873. The quantitative estimate of drug-likeness (QED) is 0.727. The van der Waals surface area contributed by atoms with E-state index in [1.807, 2.05) is 0 Å². The van der Waals surface area contributed by atoms with Crippen LogP contribution in [0.3, 0.4) is 0 Å². The summed E-state index contributed by atoms with van der Waals surface area (Å²) in [5, 5.41) is 3.11. The van der Waals surface area contributed by atoms with Gasteiger partial charge in [0.1, 0.15) is 0 Å². The Labute approximate surface area is 182 Å². The van der Waals surface area contributed by atoms with Gasteiger partial charge in [0.05, 0.1) is 48.1 Å². The molecule has 0 aromatic heterocycles. The normalized spacial score (nSPS) is 26.2. The number of benzene rings is 1. The first-order chi connectivity index (χ1) is 14.4. The summed E-state index contributed by atoms with van der Waals surface area (Å²) in [6, 6.07) is 4.68. The van der Waals surface area contributed by atoms with Crippen LogP contribution in [0.15, 0.2) is 23.1 Å². The summed E-state index contributed by atoms with van der Waals surface area (Å²) < 4.78 is 38.3. The van der Waals surface area contributed by atoms with E-state index in [0.717, 1.165) is 19.3 Å². The lowest BCUT2D eigenvalue weighted by Gasteiger charge is -2.43. The summed E-state index contributed by atoms with van der Waals surface area (Å²) in [5.41, 5.74) is 0.310. The van der Waals surface area contributed by atoms with Gasteiger partial charge in [-0.15, -0.1) is 0 Å². The Morgan fingerprint density at radius 2 is 1.90 bits per heavy atom. The smallest absolute Gasteiger partial charge is 0.243 e. The number of carbonyl (C=O) groups is 1. The lowest BCUT2D eigenvalue weighted by molar-refractivity contribution is -0.124. The van der Waals surface area contributed by atoms with E-state index >= 15 is 0 Å². The lowest BCUT2D eigenvalue weighted by atomic mass is 9.90. The van der Waals surface area contributed by atoms with Gasteiger partial charge in [0.15, 0.2) is 0 Å². The van der Waals surface area contributed by atoms with Crippen molar-refractivity contribution in [1.82, 2.24) is 9.21 Å². The highest BCUT2D eigenvalue weighted by atomic mass is 35.5. The molecule has 8 nitrogen and oxygen atoms in total. The Morgan fingerprint density at radius 3 is 2.70 bits per heavy atom. The van der Waals surface area contributed by atoms with E-state index in [2.05, 4.69) is 10.2 Å². The van der Waals surface area contributed by atoms with Crippen molar-refractivity contribution in [3.8, 4) is 0 Å². The van der Waals surface area contributed by atoms with E-state index in [-0.39, 0.29) is 29.5 Å². The highest BCUT2D eigenvalue weighted by molar-refractivity contribution is 7.89. The second kappa shape index (κ2) is 9.50. The van der Waals surface area contributed by atoms with Crippen LogP contribution in [0.5, 0.6) is 0 Å². The molecule has 0 radical (unpaired) electrons. The first kappa shape index (κ1) is 22.0. The van der Waals surface area contributed by atoms with Gasteiger partial charge in [-0.3, -0.25) is 9.69 Å². The molecule has 1 amide bonds. The zero-order valence-corrected chi connectivity index (χ0v) is 18.5. The van der Waals surface area contributed by atoms with E-state index in [1.165, 1.54) is 28.9 Å². The first-order valence-electron chi connectivity index (χ1n) is 10.5. The second-order valence-corrected chi connectivity index (χ2v) is 10.3. The Kier molecular flexibility index (Phi) is 6.96. The maximum Gasteiger partial charge on any atom is 0.243 e. The number of anilines is 1. The number of rotatable bonds is 5. The van der Waals surface area contributed by atoms with Crippen LogP contribution in [0.4, 0.5) is 5.69 Å². The number of hydrogen-bond acceptors (Lipinski definition) is 6. The Morgan fingerprint density at radius 1 is 1.13 bits per heavy atom. The number of sulfonamides is 1. The zero-order chi connectivity index (χ0) is 21.1. The van der Waals surface area contributed by atoms with Gasteiger partial charge in [-0.05, 0) is 31.0 Å². The number of carbonyl (C=O) groups excluding carboxylic acids is 1. The first-order valence-corrected chi connectivity index (χ1v) is 12.3. The van der Waals surface area contributed by atoms with E-state index in [4.69, 9.17) is 21.1 Å². The van der Waals surface area contributed by atoms with Crippen molar-refractivity contribution in [2.24, 2.45) is 0 Å². The molecule has 0 bridgehead atoms. The summed E-state index contributed by atoms with van der Waals surface area (Å²) in [6.45, 7) is 2.95. The van der Waals surface area contributed by atoms with Gasteiger partial charge < -0.3 is 14.8 Å². The zero-order valence-electron chi connectivity index (χ0n) is 16.9. The lowest BCUT2D eigenvalue weighted by Crippen LogP contribution is -2.54. The van der Waals surface area contributed by atoms with Crippen molar-refractivity contribution < 1.29 is 22.7 Å². The molecule has 3 fully saturated rings. The molecular formula is C20H28ClN3O5S. The van der Waals surface area contributed by atoms with E-state index in [9.17, 15) is 13.2 Å². The van der Waals surface area contributed by atoms with Gasteiger partial charge in [-0.25, -0.2) is 8.42 Å². The van der Waals surface area contributed by atoms with Crippen molar-refractivity contribution in [1.29, 1.82) is 0 Å². The number of nitrogens with one attached hydrogen (secondary N) is 1. The van der Waals surface area contributed by atoms with Gasteiger partial charge in [0.2, 0.25) is 15.9 Å². The van der Waals surface area contributed by atoms with Crippen LogP contribution >= 0.6 is 11.6 Å². The molecule has 1 aromatic rings. The van der Waals surface area contributed by atoms with Crippen molar-refractivity contribution in [2.75, 3.05) is 51.3 Å². The van der Waals surface area contributed by atoms with Gasteiger partial charge in [-0.1, -0.05) is 24.4 Å². The molecule has 2 heterocycles. The number of ether oxygens (including phenoxy) is 2. The average molecular weight is 458 g/mol. The van der Waals surface area contributed by atoms with Crippen molar-refractivity contribution in [2.45, 2.75) is 42.7 Å². The van der Waals surface area contributed by atoms with E-state index in [0.29, 0.717) is 50.2 Å². The number of hydrogen-bond donors (Lipinski definition) is 1. The molecular weight excluding hydrogens is 430 g/mol. The van der Waals surface area contributed by atoms with Gasteiger partial charge >= 0.3 is 0 Å². The van der Waals surface area contributed by atoms with Gasteiger partial charge in [-0.2, -0.15) is 4.31 Å². The monoisotopic (exact) mass is 457 g/mol. The van der Waals surface area contributed by atoms with Crippen LogP contribution in [-0.4, -0.2) is 81.7 Å². The van der Waals surface area contributed by atoms with Crippen LogP contribution in [0.25, 0.3) is 0 Å². The van der Waals surface area contributed by atoms with Gasteiger partial charge in [0, 0.05) is 25.7 Å². The SMILES string of the molecule is O=C(CN1CCOC2CCCCC21)Nc1cc(S(=O)(=O)N2CCOCC2)ccc1Cl. The summed E-state index contributed by atoms with van der Waals surface area (Å²) in [7, 11) is -3.66. The largest absolute Gasteiger partial charge is 0.379 e. The molecule has 2 saturated heterocycles. The third-order valence-corrected chi connectivity index (χ3v) is 8.24. The predicted molar refractivity (Wildman–Crippen MR) is 113 cm³/mol. The van der Waals surface area contributed by atoms with E-state index < -0.39 is 10.0 Å².